The van der Waals surface area contributed by atoms with Crippen LogP contribution in [-0.4, -0.2) is 19.0 Å². The molecule has 1 aliphatic heterocycles. The summed E-state index contributed by atoms with van der Waals surface area (Å²) in [5, 5.41) is 3.01. The van der Waals surface area contributed by atoms with E-state index in [0.717, 1.165) is 24.2 Å². The first-order valence-corrected chi connectivity index (χ1v) is 7.85. The molecule has 1 N–H and O–H groups in total. The lowest BCUT2D eigenvalue weighted by molar-refractivity contribution is 0.0911. The molecule has 0 unspecified atom stereocenters. The molecule has 1 amide bonds. The number of nitrogens with zero attached hydrogens (tertiary/aromatic N) is 1. The van der Waals surface area contributed by atoms with Crippen LogP contribution in [0.3, 0.4) is 0 Å². The summed E-state index contributed by atoms with van der Waals surface area (Å²) in [6.45, 7) is 6.11. The second-order valence-corrected chi connectivity index (χ2v) is 5.92. The number of hydrogen-bond donors (Lipinski definition) is 1. The van der Waals surface area contributed by atoms with E-state index in [-0.39, 0.29) is 11.9 Å². The molecule has 1 aromatic heterocycles. The molecule has 0 radical (unpaired) electrons. The lowest BCUT2D eigenvalue weighted by Crippen LogP contribution is -2.27. The van der Waals surface area contributed by atoms with E-state index in [9.17, 15) is 4.79 Å². The van der Waals surface area contributed by atoms with Crippen LogP contribution in [0.25, 0.3) is 0 Å². The first kappa shape index (κ1) is 14.7. The number of carbonyl (C=O) groups is 1. The van der Waals surface area contributed by atoms with Gasteiger partial charge in [0.2, 0.25) is 0 Å². The van der Waals surface area contributed by atoms with E-state index in [1.54, 1.807) is 12.3 Å². The normalized spacial score (nSPS) is 15.8. The summed E-state index contributed by atoms with van der Waals surface area (Å²) in [5.41, 5.74) is 3.21. The first-order valence-electron chi connectivity index (χ1n) is 7.85. The van der Waals surface area contributed by atoms with Crippen molar-refractivity contribution in [2.75, 3.05) is 18.0 Å². The summed E-state index contributed by atoms with van der Waals surface area (Å²) in [6.07, 6.45) is 4.06. The molecule has 4 heteroatoms. The van der Waals surface area contributed by atoms with E-state index in [0.29, 0.717) is 5.76 Å². The minimum absolute atomic E-state index is 0.0560. The maximum atomic E-state index is 12.2. The van der Waals surface area contributed by atoms with Crippen LogP contribution in [-0.2, 0) is 0 Å². The first-order chi connectivity index (χ1) is 10.6. The van der Waals surface area contributed by atoms with Gasteiger partial charge >= 0.3 is 0 Å². The molecule has 0 saturated carbocycles. The highest BCUT2D eigenvalue weighted by atomic mass is 16.3. The van der Waals surface area contributed by atoms with E-state index >= 15 is 0 Å². The molecule has 1 aliphatic rings. The largest absolute Gasteiger partial charge is 0.459 e. The van der Waals surface area contributed by atoms with Gasteiger partial charge in [-0.25, -0.2) is 0 Å². The number of hydrogen-bond acceptors (Lipinski definition) is 3. The van der Waals surface area contributed by atoms with Crippen LogP contribution in [0.1, 0.15) is 47.5 Å². The van der Waals surface area contributed by atoms with E-state index in [1.807, 2.05) is 13.8 Å². The smallest absolute Gasteiger partial charge is 0.287 e. The van der Waals surface area contributed by atoms with Crippen LogP contribution in [0, 0.1) is 6.92 Å². The van der Waals surface area contributed by atoms with Gasteiger partial charge in [0, 0.05) is 24.3 Å². The Bertz CT molecular complexity index is 657. The number of benzene rings is 1. The second kappa shape index (κ2) is 6.26. The van der Waals surface area contributed by atoms with Crippen LogP contribution in [0.2, 0.25) is 0 Å². The zero-order valence-electron chi connectivity index (χ0n) is 13.1. The van der Waals surface area contributed by atoms with Crippen LogP contribution < -0.4 is 10.2 Å². The van der Waals surface area contributed by atoms with Crippen LogP contribution in [0.15, 0.2) is 41.0 Å². The van der Waals surface area contributed by atoms with Crippen LogP contribution >= 0.6 is 0 Å². The van der Waals surface area contributed by atoms with E-state index in [2.05, 4.69) is 34.5 Å². The Morgan fingerprint density at radius 2 is 2.05 bits per heavy atom. The molecule has 0 aliphatic carbocycles. The summed E-state index contributed by atoms with van der Waals surface area (Å²) < 4.78 is 5.25. The molecular formula is C18H22N2O2. The highest BCUT2D eigenvalue weighted by molar-refractivity contribution is 5.93. The van der Waals surface area contributed by atoms with Gasteiger partial charge in [0.1, 0.15) is 0 Å². The van der Waals surface area contributed by atoms with Gasteiger partial charge in [0.15, 0.2) is 5.76 Å². The van der Waals surface area contributed by atoms with Gasteiger partial charge in [-0.3, -0.25) is 4.79 Å². The summed E-state index contributed by atoms with van der Waals surface area (Å²) in [5.74, 6) is 0.226. The number of nitrogens with one attached hydrogen (secondary N) is 1. The van der Waals surface area contributed by atoms with Crippen LogP contribution in [0.5, 0.6) is 0 Å². The number of anilines is 1. The maximum Gasteiger partial charge on any atom is 0.287 e. The van der Waals surface area contributed by atoms with Gasteiger partial charge in [0.25, 0.3) is 5.91 Å². The van der Waals surface area contributed by atoms with Gasteiger partial charge in [-0.05, 0) is 50.5 Å². The van der Waals surface area contributed by atoms with E-state index in [1.165, 1.54) is 18.5 Å². The Morgan fingerprint density at radius 1 is 1.27 bits per heavy atom. The molecule has 22 heavy (non-hydrogen) atoms. The summed E-state index contributed by atoms with van der Waals surface area (Å²) in [6, 6.07) is 10.2. The Labute approximate surface area is 131 Å². The maximum absolute atomic E-state index is 12.2. The highest BCUT2D eigenvalue weighted by Crippen LogP contribution is 2.24. The van der Waals surface area contributed by atoms with E-state index in [4.69, 9.17) is 4.42 Å². The predicted molar refractivity (Wildman–Crippen MR) is 87.2 cm³/mol. The molecular weight excluding hydrogens is 276 g/mol. The van der Waals surface area contributed by atoms with Crippen LogP contribution in [0.4, 0.5) is 5.69 Å². The third kappa shape index (κ3) is 3.01. The van der Waals surface area contributed by atoms with Crippen molar-refractivity contribution in [1.29, 1.82) is 0 Å². The van der Waals surface area contributed by atoms with Crippen molar-refractivity contribution in [2.24, 2.45) is 0 Å². The topological polar surface area (TPSA) is 45.5 Å². The fourth-order valence-corrected chi connectivity index (χ4v) is 2.92. The second-order valence-electron chi connectivity index (χ2n) is 5.92. The summed E-state index contributed by atoms with van der Waals surface area (Å²) in [4.78, 5) is 14.6. The lowest BCUT2D eigenvalue weighted by atomic mass is 10.1. The predicted octanol–water partition coefficient (Wildman–Crippen LogP) is 3.68. The molecule has 0 bridgehead atoms. The Hall–Kier alpha value is -2.23. The number of furan rings is 1. The minimum atomic E-state index is -0.165. The Balaban J connectivity index is 1.72. The minimum Gasteiger partial charge on any atom is -0.459 e. The third-order valence-electron chi connectivity index (χ3n) is 4.26. The molecule has 2 heterocycles. The zero-order chi connectivity index (χ0) is 15.5. The third-order valence-corrected chi connectivity index (χ3v) is 4.26. The van der Waals surface area contributed by atoms with E-state index < -0.39 is 0 Å². The molecule has 0 spiro atoms. The van der Waals surface area contributed by atoms with Crippen molar-refractivity contribution < 1.29 is 9.21 Å². The lowest BCUT2D eigenvalue weighted by Gasteiger charge is -2.20. The Kier molecular flexibility index (Phi) is 4.18. The summed E-state index contributed by atoms with van der Waals surface area (Å²) in [7, 11) is 0. The Morgan fingerprint density at radius 3 is 2.73 bits per heavy atom. The van der Waals surface area contributed by atoms with Gasteiger partial charge < -0.3 is 14.6 Å². The average molecular weight is 298 g/mol. The molecule has 1 atom stereocenters. The quantitative estimate of drug-likeness (QED) is 0.936. The zero-order valence-corrected chi connectivity index (χ0v) is 13.1. The molecule has 1 aromatic carbocycles. The van der Waals surface area contributed by atoms with Gasteiger partial charge in [-0.1, -0.05) is 12.1 Å². The molecule has 1 fully saturated rings. The van der Waals surface area contributed by atoms with Crippen molar-refractivity contribution in [3.05, 3.63) is 53.5 Å². The number of carbonyl (C=O) groups excluding carboxylic acids is 1. The fraction of sp³-hybridized carbons (Fsp3) is 0.389. The van der Waals surface area contributed by atoms with Gasteiger partial charge in [-0.15, -0.1) is 0 Å². The number of rotatable bonds is 4. The number of aryl methyl sites for hydroxylation is 1. The molecule has 1 saturated heterocycles. The fourth-order valence-electron chi connectivity index (χ4n) is 2.92. The molecule has 2 aromatic rings. The van der Waals surface area contributed by atoms with Crippen molar-refractivity contribution in [2.45, 2.75) is 32.7 Å². The average Bonchev–Trinajstić information content (AvgIpc) is 3.18. The molecule has 116 valence electrons. The summed E-state index contributed by atoms with van der Waals surface area (Å²) >= 11 is 0. The van der Waals surface area contributed by atoms with Gasteiger partial charge in [0.05, 0.1) is 12.3 Å². The molecule has 3 rings (SSSR count). The number of amides is 1. The van der Waals surface area contributed by atoms with Crippen molar-refractivity contribution in [3.63, 3.8) is 0 Å². The van der Waals surface area contributed by atoms with Crippen molar-refractivity contribution in [1.82, 2.24) is 5.32 Å². The highest BCUT2D eigenvalue weighted by Gasteiger charge is 2.17. The van der Waals surface area contributed by atoms with Crippen molar-refractivity contribution >= 4 is 11.6 Å². The molecule has 4 nitrogen and oxygen atoms in total. The van der Waals surface area contributed by atoms with Crippen molar-refractivity contribution in [3.8, 4) is 0 Å². The monoisotopic (exact) mass is 298 g/mol. The SMILES string of the molecule is Cc1ccoc1C(=O)N[C@@H](C)c1cccc(N2CCCC2)c1. The standard InChI is InChI=1S/C18H22N2O2/c1-13-8-11-22-17(13)18(21)19-14(2)15-6-5-7-16(12-15)20-9-3-4-10-20/h5-8,11-12,14H,3-4,9-10H2,1-2H3,(H,19,21)/t14-/m0/s1. The van der Waals surface area contributed by atoms with Gasteiger partial charge in [-0.2, -0.15) is 0 Å².